The zero-order chi connectivity index (χ0) is 12.3. The summed E-state index contributed by atoms with van der Waals surface area (Å²) in [6.45, 7) is 1.95. The van der Waals surface area contributed by atoms with E-state index in [9.17, 15) is 4.79 Å². The lowest BCUT2D eigenvalue weighted by molar-refractivity contribution is -0.115. The van der Waals surface area contributed by atoms with Crippen LogP contribution in [0.3, 0.4) is 0 Å². The lowest BCUT2D eigenvalue weighted by atomic mass is 10.3. The predicted octanol–water partition coefficient (Wildman–Crippen LogP) is 1.30. The Bertz CT molecular complexity index is 533. The molecule has 0 atom stereocenters. The van der Waals surface area contributed by atoms with Crippen molar-refractivity contribution in [3.8, 4) is 0 Å². The van der Waals surface area contributed by atoms with Gasteiger partial charge in [-0.25, -0.2) is 9.97 Å². The minimum atomic E-state index is -0.114. The first-order valence-electron chi connectivity index (χ1n) is 5.34. The molecule has 5 heteroatoms. The monoisotopic (exact) mass is 230 g/mol. The molecule has 2 rings (SSSR count). The van der Waals surface area contributed by atoms with E-state index in [0.29, 0.717) is 5.82 Å². The minimum absolute atomic E-state index is 0.114. The summed E-state index contributed by atoms with van der Waals surface area (Å²) in [5, 5.41) is 2.74. The Hall–Kier alpha value is -2.17. The fourth-order valence-electron chi connectivity index (χ4n) is 1.50. The molecule has 0 aliphatic heterocycles. The molecule has 2 heterocycles. The largest absolute Gasteiger partial charge is 0.338 e. The van der Waals surface area contributed by atoms with Crippen molar-refractivity contribution in [1.82, 2.24) is 14.5 Å². The molecule has 88 valence electrons. The van der Waals surface area contributed by atoms with Crippen LogP contribution in [0.5, 0.6) is 0 Å². The molecule has 0 saturated heterocycles. The number of amides is 1. The number of aromatic nitrogens is 3. The summed E-state index contributed by atoms with van der Waals surface area (Å²) in [7, 11) is 1.86. The number of imidazole rings is 1. The minimum Gasteiger partial charge on any atom is -0.338 e. The van der Waals surface area contributed by atoms with E-state index in [0.717, 1.165) is 11.4 Å². The summed E-state index contributed by atoms with van der Waals surface area (Å²) >= 11 is 0. The molecule has 5 nitrogen and oxygen atoms in total. The number of nitrogens with zero attached hydrogens (tertiary/aromatic N) is 3. The molecule has 17 heavy (non-hydrogen) atoms. The summed E-state index contributed by atoms with van der Waals surface area (Å²) in [5.41, 5.74) is 1.06. The van der Waals surface area contributed by atoms with Crippen LogP contribution < -0.4 is 5.32 Å². The Morgan fingerprint density at radius 3 is 2.88 bits per heavy atom. The second kappa shape index (κ2) is 4.78. The zero-order valence-corrected chi connectivity index (χ0v) is 9.84. The van der Waals surface area contributed by atoms with Crippen LogP contribution in [0.1, 0.15) is 11.4 Å². The van der Waals surface area contributed by atoms with Crippen LogP contribution in [0, 0.1) is 6.92 Å². The Morgan fingerprint density at radius 2 is 2.24 bits per heavy atom. The molecule has 0 radical (unpaired) electrons. The molecule has 2 aromatic heterocycles. The van der Waals surface area contributed by atoms with Gasteiger partial charge in [-0.2, -0.15) is 0 Å². The number of aryl methyl sites for hydroxylation is 2. The maximum absolute atomic E-state index is 11.7. The third kappa shape index (κ3) is 2.90. The van der Waals surface area contributed by atoms with E-state index in [1.54, 1.807) is 12.4 Å². The first kappa shape index (κ1) is 11.3. The Labute approximate surface area is 99.5 Å². The summed E-state index contributed by atoms with van der Waals surface area (Å²) < 4.78 is 1.82. The molecule has 2 aromatic rings. The molecule has 0 fully saturated rings. The summed E-state index contributed by atoms with van der Waals surface area (Å²) in [5.74, 6) is 1.19. The van der Waals surface area contributed by atoms with Crippen molar-refractivity contribution in [2.24, 2.45) is 7.05 Å². The Balaban J connectivity index is 2.01. The number of carbonyl (C=O) groups excluding carboxylic acids is 1. The molecule has 0 spiro atoms. The van der Waals surface area contributed by atoms with E-state index < -0.39 is 0 Å². The highest BCUT2D eigenvalue weighted by Crippen LogP contribution is 2.06. The van der Waals surface area contributed by atoms with Crippen molar-refractivity contribution >= 4 is 11.7 Å². The Morgan fingerprint density at radius 1 is 1.41 bits per heavy atom. The quantitative estimate of drug-likeness (QED) is 0.864. The molecule has 0 aliphatic rings. The zero-order valence-electron chi connectivity index (χ0n) is 9.84. The normalized spacial score (nSPS) is 10.2. The van der Waals surface area contributed by atoms with Crippen molar-refractivity contribution in [1.29, 1.82) is 0 Å². The average molecular weight is 230 g/mol. The first-order valence-corrected chi connectivity index (χ1v) is 5.34. The maximum Gasteiger partial charge on any atom is 0.233 e. The van der Waals surface area contributed by atoms with Gasteiger partial charge in [0.25, 0.3) is 0 Å². The third-order valence-electron chi connectivity index (χ3n) is 2.42. The number of carbonyl (C=O) groups is 1. The maximum atomic E-state index is 11.7. The molecular formula is C12H14N4O. The van der Waals surface area contributed by atoms with E-state index in [-0.39, 0.29) is 12.3 Å². The number of nitrogens with one attached hydrogen (secondary N) is 1. The molecular weight excluding hydrogens is 216 g/mol. The number of anilines is 1. The molecule has 1 amide bonds. The third-order valence-corrected chi connectivity index (χ3v) is 2.42. The van der Waals surface area contributed by atoms with Gasteiger partial charge in [-0.15, -0.1) is 0 Å². The standard InChI is InChI=1S/C12H14N4O/c1-9-3-4-13-10(7-9)15-12(17)8-11-14-5-6-16(11)2/h3-7H,8H2,1-2H3,(H,13,15,17). The van der Waals surface area contributed by atoms with Crippen molar-refractivity contribution in [3.63, 3.8) is 0 Å². The van der Waals surface area contributed by atoms with Crippen LogP contribution >= 0.6 is 0 Å². The number of pyridine rings is 1. The van der Waals surface area contributed by atoms with Gasteiger partial charge >= 0.3 is 0 Å². The van der Waals surface area contributed by atoms with Crippen LogP contribution in [0.15, 0.2) is 30.7 Å². The highest BCUT2D eigenvalue weighted by atomic mass is 16.1. The van der Waals surface area contributed by atoms with Gasteiger partial charge in [-0.05, 0) is 24.6 Å². The molecule has 0 aromatic carbocycles. The molecule has 0 saturated carbocycles. The van der Waals surface area contributed by atoms with Crippen molar-refractivity contribution in [2.45, 2.75) is 13.3 Å². The van der Waals surface area contributed by atoms with E-state index in [2.05, 4.69) is 15.3 Å². The summed E-state index contributed by atoms with van der Waals surface area (Å²) in [4.78, 5) is 19.9. The van der Waals surface area contributed by atoms with E-state index in [1.807, 2.05) is 36.9 Å². The lowest BCUT2D eigenvalue weighted by Gasteiger charge is -2.05. The van der Waals surface area contributed by atoms with Gasteiger partial charge in [0.1, 0.15) is 11.6 Å². The second-order valence-electron chi connectivity index (χ2n) is 3.90. The molecule has 0 bridgehead atoms. The van der Waals surface area contributed by atoms with Crippen LogP contribution in [0.2, 0.25) is 0 Å². The SMILES string of the molecule is Cc1ccnc(NC(=O)Cc2nccn2C)c1. The molecule has 1 N–H and O–H groups in total. The van der Waals surface area contributed by atoms with Crippen molar-refractivity contribution in [3.05, 3.63) is 42.1 Å². The fourth-order valence-corrected chi connectivity index (χ4v) is 1.50. The van der Waals surface area contributed by atoms with Crippen LogP contribution in [0.25, 0.3) is 0 Å². The summed E-state index contributed by atoms with van der Waals surface area (Å²) in [6, 6.07) is 3.71. The van der Waals surface area contributed by atoms with Crippen LogP contribution in [-0.2, 0) is 18.3 Å². The van der Waals surface area contributed by atoms with E-state index in [1.165, 1.54) is 0 Å². The van der Waals surface area contributed by atoms with Crippen LogP contribution in [-0.4, -0.2) is 20.4 Å². The predicted molar refractivity (Wildman–Crippen MR) is 64.5 cm³/mol. The average Bonchev–Trinajstić information content (AvgIpc) is 2.64. The molecule has 0 unspecified atom stereocenters. The van der Waals surface area contributed by atoms with E-state index >= 15 is 0 Å². The van der Waals surface area contributed by atoms with Gasteiger partial charge in [0.2, 0.25) is 5.91 Å². The van der Waals surface area contributed by atoms with Gasteiger partial charge in [0, 0.05) is 25.6 Å². The fraction of sp³-hybridized carbons (Fsp3) is 0.250. The van der Waals surface area contributed by atoms with Gasteiger partial charge in [-0.1, -0.05) is 0 Å². The van der Waals surface area contributed by atoms with Gasteiger partial charge in [-0.3, -0.25) is 4.79 Å². The summed E-state index contributed by atoms with van der Waals surface area (Å²) in [6.07, 6.45) is 5.41. The van der Waals surface area contributed by atoms with Crippen molar-refractivity contribution in [2.75, 3.05) is 5.32 Å². The van der Waals surface area contributed by atoms with Gasteiger partial charge < -0.3 is 9.88 Å². The van der Waals surface area contributed by atoms with E-state index in [4.69, 9.17) is 0 Å². The number of hydrogen-bond acceptors (Lipinski definition) is 3. The highest BCUT2D eigenvalue weighted by Gasteiger charge is 2.08. The van der Waals surface area contributed by atoms with Gasteiger partial charge in [0.05, 0.1) is 6.42 Å². The van der Waals surface area contributed by atoms with Crippen molar-refractivity contribution < 1.29 is 4.79 Å². The second-order valence-corrected chi connectivity index (χ2v) is 3.90. The van der Waals surface area contributed by atoms with Crippen LogP contribution in [0.4, 0.5) is 5.82 Å². The smallest absolute Gasteiger partial charge is 0.233 e. The lowest BCUT2D eigenvalue weighted by Crippen LogP contribution is -2.17. The Kier molecular flexibility index (Phi) is 3.18. The topological polar surface area (TPSA) is 59.8 Å². The first-order chi connectivity index (χ1) is 8.15. The number of hydrogen-bond donors (Lipinski definition) is 1. The highest BCUT2D eigenvalue weighted by molar-refractivity contribution is 5.90. The van der Waals surface area contributed by atoms with Gasteiger partial charge in [0.15, 0.2) is 0 Å². The number of rotatable bonds is 3. The molecule has 0 aliphatic carbocycles.